The lowest BCUT2D eigenvalue weighted by Crippen LogP contribution is -2.20. The number of nitrogens with one attached hydrogen (secondary N) is 1. The predicted octanol–water partition coefficient (Wildman–Crippen LogP) is 0.837. The molecule has 1 aromatic heterocycles. The summed E-state index contributed by atoms with van der Waals surface area (Å²) in [4.78, 5) is 14.0. The molecule has 15 heavy (non-hydrogen) atoms. The topological polar surface area (TPSA) is 82.7 Å². The molecule has 0 unspecified atom stereocenters. The molecule has 80 valence electrons. The molecule has 0 atom stereocenters. The van der Waals surface area contributed by atoms with Crippen LogP contribution < -0.4 is 11.2 Å². The van der Waals surface area contributed by atoms with Crippen LogP contribution >= 0.6 is 0 Å². The molecule has 0 aromatic carbocycles. The molecular formula is C9H9F2N3O. The molecule has 0 saturated carbocycles. The van der Waals surface area contributed by atoms with Crippen LogP contribution in [0.25, 0.3) is 0 Å². The third-order valence-corrected chi connectivity index (χ3v) is 1.97. The number of nitrogens with zero attached hydrogens (tertiary/aromatic N) is 1. The molecule has 0 aliphatic rings. The van der Waals surface area contributed by atoms with Crippen molar-refractivity contribution < 1.29 is 8.78 Å². The van der Waals surface area contributed by atoms with Gasteiger partial charge in [0.25, 0.3) is 6.43 Å². The summed E-state index contributed by atoms with van der Waals surface area (Å²) in [5.41, 5.74) is 3.82. The van der Waals surface area contributed by atoms with Crippen molar-refractivity contribution in [3.05, 3.63) is 33.2 Å². The van der Waals surface area contributed by atoms with Gasteiger partial charge in [0, 0.05) is 24.0 Å². The highest BCUT2D eigenvalue weighted by atomic mass is 19.3. The first-order valence-corrected chi connectivity index (χ1v) is 4.20. The van der Waals surface area contributed by atoms with E-state index in [0.717, 1.165) is 0 Å². The molecule has 0 aliphatic carbocycles. The number of hydrogen-bond donors (Lipinski definition) is 2. The summed E-state index contributed by atoms with van der Waals surface area (Å²) in [7, 11) is 0. The molecule has 6 heteroatoms. The molecule has 1 aromatic rings. The Kier molecular flexibility index (Phi) is 3.52. The van der Waals surface area contributed by atoms with Gasteiger partial charge in [0.1, 0.15) is 0 Å². The summed E-state index contributed by atoms with van der Waals surface area (Å²) in [6, 6.07) is 1.73. The standard InChI is InChI=1S/C9H9F2N3O/c10-9(11)7-6(3-13)14-4-5(1-2-12)8(7)15/h4,9H,1,3,13H2,(H,14,15). The van der Waals surface area contributed by atoms with Gasteiger partial charge in [-0.25, -0.2) is 8.78 Å². The monoisotopic (exact) mass is 213 g/mol. The Morgan fingerprint density at radius 2 is 2.27 bits per heavy atom. The first kappa shape index (κ1) is 11.3. The molecule has 0 fully saturated rings. The maximum Gasteiger partial charge on any atom is 0.269 e. The summed E-state index contributed by atoms with van der Waals surface area (Å²) in [6.07, 6.45) is -1.83. The van der Waals surface area contributed by atoms with Crippen molar-refractivity contribution in [2.45, 2.75) is 19.4 Å². The fourth-order valence-electron chi connectivity index (χ4n) is 1.24. The summed E-state index contributed by atoms with van der Waals surface area (Å²) in [5.74, 6) is 0. The Morgan fingerprint density at radius 1 is 1.60 bits per heavy atom. The quantitative estimate of drug-likeness (QED) is 0.780. The maximum absolute atomic E-state index is 12.5. The third-order valence-electron chi connectivity index (χ3n) is 1.97. The first-order chi connectivity index (χ1) is 7.11. The van der Waals surface area contributed by atoms with Crippen molar-refractivity contribution in [1.82, 2.24) is 4.98 Å². The number of nitrogens with two attached hydrogens (primary N) is 1. The Hall–Kier alpha value is -1.74. The summed E-state index contributed by atoms with van der Waals surface area (Å²) in [5, 5.41) is 8.39. The Bertz CT molecular complexity index is 448. The Labute approximate surface area is 84.3 Å². The number of aromatic amines is 1. The number of H-pyrrole nitrogens is 1. The fraction of sp³-hybridized carbons (Fsp3) is 0.333. The second kappa shape index (κ2) is 4.66. The van der Waals surface area contributed by atoms with E-state index in [1.165, 1.54) is 6.20 Å². The number of halogens is 2. The molecule has 1 rings (SSSR count). The molecule has 1 heterocycles. The van der Waals surface area contributed by atoms with Crippen LogP contribution in [-0.2, 0) is 13.0 Å². The van der Waals surface area contributed by atoms with E-state index in [1.807, 2.05) is 0 Å². The second-order valence-electron chi connectivity index (χ2n) is 2.87. The minimum Gasteiger partial charge on any atom is -0.363 e. The van der Waals surface area contributed by atoms with Gasteiger partial charge >= 0.3 is 0 Å². The average molecular weight is 213 g/mol. The van der Waals surface area contributed by atoms with Gasteiger partial charge in [-0.05, 0) is 0 Å². The highest BCUT2D eigenvalue weighted by Crippen LogP contribution is 2.18. The van der Waals surface area contributed by atoms with Crippen LogP contribution in [0.1, 0.15) is 23.2 Å². The molecule has 0 aliphatic heterocycles. The molecular weight excluding hydrogens is 204 g/mol. The van der Waals surface area contributed by atoms with Gasteiger partial charge in [0.2, 0.25) is 0 Å². The number of rotatable bonds is 3. The van der Waals surface area contributed by atoms with Crippen molar-refractivity contribution >= 4 is 0 Å². The van der Waals surface area contributed by atoms with Crippen LogP contribution in [0.4, 0.5) is 8.78 Å². The van der Waals surface area contributed by atoms with Gasteiger partial charge < -0.3 is 10.7 Å². The van der Waals surface area contributed by atoms with Crippen LogP contribution in [0, 0.1) is 11.3 Å². The molecule has 4 nitrogen and oxygen atoms in total. The van der Waals surface area contributed by atoms with Crippen LogP contribution in [0.15, 0.2) is 11.0 Å². The van der Waals surface area contributed by atoms with Gasteiger partial charge in [0.05, 0.1) is 18.1 Å². The van der Waals surface area contributed by atoms with Crippen molar-refractivity contribution in [2.75, 3.05) is 0 Å². The van der Waals surface area contributed by atoms with Crippen LogP contribution in [0.3, 0.4) is 0 Å². The van der Waals surface area contributed by atoms with E-state index in [-0.39, 0.29) is 24.2 Å². The Balaban J connectivity index is 3.37. The van der Waals surface area contributed by atoms with Crippen molar-refractivity contribution in [2.24, 2.45) is 5.73 Å². The number of pyridine rings is 1. The van der Waals surface area contributed by atoms with E-state index in [4.69, 9.17) is 11.0 Å². The third kappa shape index (κ3) is 2.19. The zero-order chi connectivity index (χ0) is 11.4. The lowest BCUT2D eigenvalue weighted by atomic mass is 10.1. The van der Waals surface area contributed by atoms with Gasteiger partial charge in [-0.15, -0.1) is 0 Å². The maximum atomic E-state index is 12.5. The molecule has 0 amide bonds. The summed E-state index contributed by atoms with van der Waals surface area (Å²) >= 11 is 0. The SMILES string of the molecule is N#CCc1c[nH]c(CN)c(C(F)F)c1=O. The van der Waals surface area contributed by atoms with E-state index in [9.17, 15) is 13.6 Å². The van der Waals surface area contributed by atoms with Crippen molar-refractivity contribution in [3.63, 3.8) is 0 Å². The zero-order valence-corrected chi connectivity index (χ0v) is 7.76. The lowest BCUT2D eigenvalue weighted by molar-refractivity contribution is 0.148. The summed E-state index contributed by atoms with van der Waals surface area (Å²) < 4.78 is 25.1. The number of nitriles is 1. The Morgan fingerprint density at radius 3 is 2.73 bits per heavy atom. The average Bonchev–Trinajstić information content (AvgIpc) is 2.20. The zero-order valence-electron chi connectivity index (χ0n) is 7.76. The minimum atomic E-state index is -2.88. The highest BCUT2D eigenvalue weighted by molar-refractivity contribution is 5.28. The molecule has 0 radical (unpaired) electrons. The van der Waals surface area contributed by atoms with Gasteiger partial charge in [0.15, 0.2) is 5.43 Å². The molecule has 0 spiro atoms. The van der Waals surface area contributed by atoms with Gasteiger partial charge in [-0.1, -0.05) is 0 Å². The van der Waals surface area contributed by atoms with Crippen molar-refractivity contribution in [1.29, 1.82) is 5.26 Å². The smallest absolute Gasteiger partial charge is 0.269 e. The van der Waals surface area contributed by atoms with E-state index in [2.05, 4.69) is 4.98 Å². The van der Waals surface area contributed by atoms with E-state index in [0.29, 0.717) is 0 Å². The predicted molar refractivity (Wildman–Crippen MR) is 49.2 cm³/mol. The lowest BCUT2D eigenvalue weighted by Gasteiger charge is -2.07. The molecule has 0 bridgehead atoms. The largest absolute Gasteiger partial charge is 0.363 e. The van der Waals surface area contributed by atoms with Crippen LogP contribution in [0.2, 0.25) is 0 Å². The number of alkyl halides is 2. The van der Waals surface area contributed by atoms with Crippen molar-refractivity contribution in [3.8, 4) is 6.07 Å². The highest BCUT2D eigenvalue weighted by Gasteiger charge is 2.18. The summed E-state index contributed by atoms with van der Waals surface area (Å²) in [6.45, 7) is -0.165. The number of aromatic nitrogens is 1. The van der Waals surface area contributed by atoms with E-state index in [1.54, 1.807) is 6.07 Å². The number of hydrogen-bond acceptors (Lipinski definition) is 3. The van der Waals surface area contributed by atoms with Gasteiger partial charge in [-0.3, -0.25) is 4.79 Å². The van der Waals surface area contributed by atoms with E-state index >= 15 is 0 Å². The van der Waals surface area contributed by atoms with Crippen LogP contribution in [0.5, 0.6) is 0 Å². The normalized spacial score (nSPS) is 10.3. The van der Waals surface area contributed by atoms with Crippen LogP contribution in [-0.4, -0.2) is 4.98 Å². The second-order valence-corrected chi connectivity index (χ2v) is 2.87. The minimum absolute atomic E-state index is 0.0108. The molecule has 3 N–H and O–H groups in total. The molecule has 0 saturated heterocycles. The first-order valence-electron chi connectivity index (χ1n) is 4.20. The van der Waals surface area contributed by atoms with Gasteiger partial charge in [-0.2, -0.15) is 5.26 Å². The fourth-order valence-corrected chi connectivity index (χ4v) is 1.24. The van der Waals surface area contributed by atoms with E-state index < -0.39 is 17.4 Å².